The van der Waals surface area contributed by atoms with E-state index >= 15 is 0 Å². The molecule has 0 spiro atoms. The number of nitrogens with zero attached hydrogens (tertiary/aromatic N) is 1. The SMILES string of the molecule is O=[N+]([O-])Oc1c(Cl)c(Cl)c(Cl)c(Cl)c1Cl. The van der Waals surface area contributed by atoms with Crippen molar-refractivity contribution in [1.82, 2.24) is 0 Å². The van der Waals surface area contributed by atoms with E-state index in [1.165, 1.54) is 0 Å². The maximum atomic E-state index is 10.1. The van der Waals surface area contributed by atoms with Gasteiger partial charge < -0.3 is 0 Å². The first-order valence-electron chi connectivity index (χ1n) is 3.20. The molecule has 0 N–H and O–H groups in total. The summed E-state index contributed by atoms with van der Waals surface area (Å²) in [7, 11) is 0. The maximum Gasteiger partial charge on any atom is 0.299 e. The average Bonchev–Trinajstić information content (AvgIpc) is 2.18. The zero-order valence-corrected chi connectivity index (χ0v) is 10.3. The number of rotatable bonds is 2. The highest BCUT2D eigenvalue weighted by atomic mass is 35.5. The van der Waals surface area contributed by atoms with Crippen LogP contribution in [0.5, 0.6) is 5.75 Å². The molecule has 0 aliphatic carbocycles. The summed E-state index contributed by atoms with van der Waals surface area (Å²) in [6.07, 6.45) is 0. The minimum Gasteiger partial charge on any atom is -0.273 e. The van der Waals surface area contributed by atoms with Crippen molar-refractivity contribution in [2.24, 2.45) is 0 Å². The zero-order valence-electron chi connectivity index (χ0n) is 6.56. The van der Waals surface area contributed by atoms with E-state index in [1.807, 2.05) is 0 Å². The topological polar surface area (TPSA) is 52.4 Å². The predicted octanol–water partition coefficient (Wildman–Crippen LogP) is 4.52. The van der Waals surface area contributed by atoms with Crippen LogP contribution in [0.3, 0.4) is 0 Å². The molecule has 0 atom stereocenters. The molecule has 1 rings (SSSR count). The molecule has 0 amide bonds. The number of benzene rings is 1. The molecular weight excluding hydrogens is 311 g/mol. The standard InChI is InChI=1S/C6Cl5NO3/c7-1-2(8)4(10)6(15-12(13)14)5(11)3(1)9. The van der Waals surface area contributed by atoms with Crippen LogP contribution in [0.2, 0.25) is 25.1 Å². The summed E-state index contributed by atoms with van der Waals surface area (Å²) < 4.78 is 0. The maximum absolute atomic E-state index is 10.1. The minimum absolute atomic E-state index is 0.0935. The smallest absolute Gasteiger partial charge is 0.273 e. The summed E-state index contributed by atoms with van der Waals surface area (Å²) in [5.41, 5.74) is 0. The summed E-state index contributed by atoms with van der Waals surface area (Å²) in [6, 6.07) is 0. The van der Waals surface area contributed by atoms with Crippen molar-refractivity contribution in [2.45, 2.75) is 0 Å². The van der Waals surface area contributed by atoms with E-state index in [0.29, 0.717) is 0 Å². The van der Waals surface area contributed by atoms with Gasteiger partial charge in [-0.1, -0.05) is 58.0 Å². The predicted molar refractivity (Wildman–Crippen MR) is 59.1 cm³/mol. The van der Waals surface area contributed by atoms with Crippen molar-refractivity contribution in [3.8, 4) is 5.75 Å². The van der Waals surface area contributed by atoms with Crippen molar-refractivity contribution >= 4 is 58.0 Å². The largest absolute Gasteiger partial charge is 0.299 e. The highest BCUT2D eigenvalue weighted by molar-refractivity contribution is 6.55. The molecule has 82 valence electrons. The minimum atomic E-state index is -1.09. The van der Waals surface area contributed by atoms with Crippen LogP contribution in [-0.4, -0.2) is 5.09 Å². The Morgan fingerprint density at radius 1 is 0.867 bits per heavy atom. The second-order valence-corrected chi connectivity index (χ2v) is 4.10. The first-order valence-corrected chi connectivity index (χ1v) is 5.09. The lowest BCUT2D eigenvalue weighted by atomic mass is 10.3. The molecule has 0 aromatic heterocycles. The summed E-state index contributed by atoms with van der Waals surface area (Å²) in [4.78, 5) is 14.3. The van der Waals surface area contributed by atoms with E-state index < -0.39 is 10.8 Å². The van der Waals surface area contributed by atoms with Crippen LogP contribution in [0, 0.1) is 10.1 Å². The van der Waals surface area contributed by atoms with E-state index in [1.54, 1.807) is 0 Å². The molecule has 9 heteroatoms. The van der Waals surface area contributed by atoms with Crippen molar-refractivity contribution in [1.29, 1.82) is 0 Å². The number of hydrogen-bond donors (Lipinski definition) is 0. The fourth-order valence-electron chi connectivity index (χ4n) is 0.739. The van der Waals surface area contributed by atoms with Gasteiger partial charge in [-0.15, -0.1) is 10.1 Å². The normalized spacial score (nSPS) is 10.2. The highest BCUT2D eigenvalue weighted by Gasteiger charge is 2.21. The fraction of sp³-hybridized carbons (Fsp3) is 0. The number of halogens is 5. The molecule has 1 aromatic rings. The highest BCUT2D eigenvalue weighted by Crippen LogP contribution is 2.48. The molecular formula is C6Cl5NO3. The monoisotopic (exact) mass is 309 g/mol. The summed E-state index contributed by atoms with van der Waals surface area (Å²) >= 11 is 28.2. The lowest BCUT2D eigenvalue weighted by Crippen LogP contribution is -2.05. The Labute approximate surface area is 109 Å². The van der Waals surface area contributed by atoms with E-state index in [0.717, 1.165) is 0 Å². The molecule has 4 nitrogen and oxygen atoms in total. The van der Waals surface area contributed by atoms with Crippen LogP contribution < -0.4 is 4.84 Å². The molecule has 1 aromatic carbocycles. The van der Waals surface area contributed by atoms with Gasteiger partial charge >= 0.3 is 0 Å². The average molecular weight is 311 g/mol. The Morgan fingerprint density at radius 3 is 1.53 bits per heavy atom. The van der Waals surface area contributed by atoms with E-state index in [-0.39, 0.29) is 25.1 Å². The van der Waals surface area contributed by atoms with Crippen molar-refractivity contribution in [3.05, 3.63) is 35.2 Å². The van der Waals surface area contributed by atoms with Gasteiger partial charge in [0.05, 0.1) is 25.1 Å². The second kappa shape index (κ2) is 4.80. The molecule has 0 bridgehead atoms. The first-order chi connectivity index (χ1) is 6.86. The van der Waals surface area contributed by atoms with Crippen molar-refractivity contribution in [3.63, 3.8) is 0 Å². The third-order valence-electron chi connectivity index (χ3n) is 1.34. The van der Waals surface area contributed by atoms with E-state index in [2.05, 4.69) is 4.84 Å². The molecule has 0 saturated heterocycles. The van der Waals surface area contributed by atoms with Crippen LogP contribution in [-0.2, 0) is 0 Å². The van der Waals surface area contributed by atoms with Crippen LogP contribution in [0.25, 0.3) is 0 Å². The van der Waals surface area contributed by atoms with Crippen LogP contribution in [0.4, 0.5) is 0 Å². The lowest BCUT2D eigenvalue weighted by molar-refractivity contribution is -0.711. The summed E-state index contributed by atoms with van der Waals surface area (Å²) in [5, 5.41) is 8.08. The van der Waals surface area contributed by atoms with Gasteiger partial charge in [-0.3, -0.25) is 4.84 Å². The van der Waals surface area contributed by atoms with Crippen LogP contribution >= 0.6 is 58.0 Å². The van der Waals surface area contributed by atoms with Gasteiger partial charge in [0.1, 0.15) is 0 Å². The Kier molecular flexibility index (Phi) is 4.14. The molecule has 0 saturated carbocycles. The second-order valence-electron chi connectivity index (χ2n) is 2.21. The lowest BCUT2D eigenvalue weighted by Gasteiger charge is -2.09. The first kappa shape index (κ1) is 12.9. The fourth-order valence-corrected chi connectivity index (χ4v) is 1.93. The quantitative estimate of drug-likeness (QED) is 0.349. The Hall–Kier alpha value is -0.130. The van der Waals surface area contributed by atoms with Crippen LogP contribution in [0.1, 0.15) is 0 Å². The van der Waals surface area contributed by atoms with Crippen molar-refractivity contribution in [2.75, 3.05) is 0 Å². The third kappa shape index (κ3) is 2.52. The number of hydrogen-bond acceptors (Lipinski definition) is 3. The van der Waals surface area contributed by atoms with Gasteiger partial charge in [0.2, 0.25) is 0 Å². The molecule has 15 heavy (non-hydrogen) atoms. The summed E-state index contributed by atoms with van der Waals surface area (Å²) in [6.45, 7) is 0. The molecule has 0 heterocycles. The molecule has 0 radical (unpaired) electrons. The van der Waals surface area contributed by atoms with Gasteiger partial charge in [0, 0.05) is 0 Å². The Bertz CT molecular complexity index is 406. The summed E-state index contributed by atoms with van der Waals surface area (Å²) in [5.74, 6) is -0.442. The van der Waals surface area contributed by atoms with Gasteiger partial charge in [-0.2, -0.15) is 0 Å². The van der Waals surface area contributed by atoms with Gasteiger partial charge in [0.15, 0.2) is 5.75 Å². The van der Waals surface area contributed by atoms with Gasteiger partial charge in [0.25, 0.3) is 5.09 Å². The molecule has 0 aliphatic heterocycles. The van der Waals surface area contributed by atoms with Gasteiger partial charge in [-0.25, -0.2) is 0 Å². The van der Waals surface area contributed by atoms with E-state index in [4.69, 9.17) is 58.0 Å². The Morgan fingerprint density at radius 2 is 1.20 bits per heavy atom. The Balaban J connectivity index is 3.45. The molecule has 0 aliphatic rings. The zero-order chi connectivity index (χ0) is 11.7. The van der Waals surface area contributed by atoms with E-state index in [9.17, 15) is 10.1 Å². The molecule has 0 unspecified atom stereocenters. The van der Waals surface area contributed by atoms with Crippen molar-refractivity contribution < 1.29 is 9.92 Å². The third-order valence-corrected chi connectivity index (χ3v) is 3.58. The van der Waals surface area contributed by atoms with Crippen LogP contribution in [0.15, 0.2) is 0 Å². The molecule has 0 fully saturated rings. The van der Waals surface area contributed by atoms with Gasteiger partial charge in [-0.05, 0) is 0 Å².